The molecule has 0 aliphatic rings. The minimum Gasteiger partial charge on any atom is -0.249 e. The molecular weight excluding hydrogens is 188 g/mol. The van der Waals surface area contributed by atoms with Gasteiger partial charge in [-0.1, -0.05) is 13.8 Å². The molecule has 2 heterocycles. The zero-order valence-electron chi connectivity index (χ0n) is 9.44. The highest BCUT2D eigenvalue weighted by atomic mass is 15.3. The van der Waals surface area contributed by atoms with Crippen LogP contribution in [0.5, 0.6) is 0 Å². The Labute approximate surface area is 89.3 Å². The minimum absolute atomic E-state index is 0.379. The largest absolute Gasteiger partial charge is 0.249 e. The minimum atomic E-state index is 0.379. The number of aryl methyl sites for hydroxylation is 1. The molecule has 0 aliphatic heterocycles. The SMILES string of the molecule is CCc1cnc2cnn(C(C)CC)c2n1. The van der Waals surface area contributed by atoms with Gasteiger partial charge in [0.05, 0.1) is 17.9 Å². The molecule has 2 aromatic rings. The highest BCUT2D eigenvalue weighted by molar-refractivity contribution is 5.69. The second-order valence-corrected chi connectivity index (χ2v) is 3.77. The quantitative estimate of drug-likeness (QED) is 0.770. The smallest absolute Gasteiger partial charge is 0.177 e. The van der Waals surface area contributed by atoms with E-state index in [-0.39, 0.29) is 0 Å². The van der Waals surface area contributed by atoms with Crippen LogP contribution in [-0.2, 0) is 6.42 Å². The van der Waals surface area contributed by atoms with Crippen molar-refractivity contribution in [2.24, 2.45) is 0 Å². The molecule has 2 aromatic heterocycles. The van der Waals surface area contributed by atoms with Crippen LogP contribution in [-0.4, -0.2) is 19.7 Å². The molecule has 0 radical (unpaired) electrons. The van der Waals surface area contributed by atoms with Crippen LogP contribution in [0.3, 0.4) is 0 Å². The van der Waals surface area contributed by atoms with E-state index < -0.39 is 0 Å². The van der Waals surface area contributed by atoms with Crippen molar-refractivity contribution in [2.45, 2.75) is 39.7 Å². The number of rotatable bonds is 3. The van der Waals surface area contributed by atoms with Gasteiger partial charge in [-0.2, -0.15) is 5.10 Å². The van der Waals surface area contributed by atoms with E-state index in [9.17, 15) is 0 Å². The molecule has 0 N–H and O–H groups in total. The van der Waals surface area contributed by atoms with Crippen molar-refractivity contribution in [2.75, 3.05) is 0 Å². The highest BCUT2D eigenvalue weighted by Crippen LogP contribution is 2.16. The first-order valence-electron chi connectivity index (χ1n) is 5.45. The predicted molar refractivity (Wildman–Crippen MR) is 59.7 cm³/mol. The Hall–Kier alpha value is -1.45. The fraction of sp³-hybridized carbons (Fsp3) is 0.545. The molecule has 15 heavy (non-hydrogen) atoms. The van der Waals surface area contributed by atoms with E-state index in [2.05, 4.69) is 35.8 Å². The average Bonchev–Trinajstić information content (AvgIpc) is 2.70. The Morgan fingerprint density at radius 1 is 1.33 bits per heavy atom. The average molecular weight is 204 g/mol. The predicted octanol–water partition coefficient (Wildman–Crippen LogP) is 2.36. The molecule has 0 aliphatic carbocycles. The Bertz CT molecular complexity index is 461. The molecule has 0 amide bonds. The van der Waals surface area contributed by atoms with Crippen molar-refractivity contribution in [3.8, 4) is 0 Å². The molecule has 2 rings (SSSR count). The molecule has 0 bridgehead atoms. The van der Waals surface area contributed by atoms with Gasteiger partial charge < -0.3 is 0 Å². The van der Waals surface area contributed by atoms with Gasteiger partial charge in [0, 0.05) is 6.20 Å². The maximum atomic E-state index is 4.56. The Kier molecular flexibility index (Phi) is 2.66. The molecule has 4 nitrogen and oxygen atoms in total. The molecule has 1 atom stereocenters. The summed E-state index contributed by atoms with van der Waals surface area (Å²) in [7, 11) is 0. The summed E-state index contributed by atoms with van der Waals surface area (Å²) in [6, 6.07) is 0.379. The molecule has 0 spiro atoms. The van der Waals surface area contributed by atoms with Crippen molar-refractivity contribution in [3.05, 3.63) is 18.1 Å². The van der Waals surface area contributed by atoms with E-state index in [0.717, 1.165) is 29.7 Å². The van der Waals surface area contributed by atoms with Gasteiger partial charge in [-0.3, -0.25) is 0 Å². The van der Waals surface area contributed by atoms with E-state index in [1.807, 2.05) is 10.9 Å². The normalized spacial score (nSPS) is 13.3. The maximum Gasteiger partial charge on any atom is 0.177 e. The van der Waals surface area contributed by atoms with E-state index in [1.54, 1.807) is 6.20 Å². The number of aromatic nitrogens is 4. The molecule has 1 unspecified atom stereocenters. The van der Waals surface area contributed by atoms with Crippen molar-refractivity contribution >= 4 is 11.2 Å². The standard InChI is InChI=1S/C11H16N4/c1-4-8(3)15-11-10(7-13-15)12-6-9(5-2)14-11/h6-8H,4-5H2,1-3H3. The van der Waals surface area contributed by atoms with E-state index >= 15 is 0 Å². The highest BCUT2D eigenvalue weighted by Gasteiger charge is 2.10. The third kappa shape index (κ3) is 1.71. The third-order valence-electron chi connectivity index (χ3n) is 2.72. The summed E-state index contributed by atoms with van der Waals surface area (Å²) in [6.45, 7) is 6.38. The van der Waals surface area contributed by atoms with Crippen LogP contribution in [0.2, 0.25) is 0 Å². The van der Waals surface area contributed by atoms with Crippen LogP contribution in [0.15, 0.2) is 12.4 Å². The molecular formula is C11H16N4. The second kappa shape index (κ2) is 3.96. The van der Waals surface area contributed by atoms with Crippen LogP contribution in [0, 0.1) is 0 Å². The van der Waals surface area contributed by atoms with Crippen LogP contribution >= 0.6 is 0 Å². The van der Waals surface area contributed by atoms with E-state index in [0.29, 0.717) is 6.04 Å². The fourth-order valence-electron chi connectivity index (χ4n) is 1.52. The van der Waals surface area contributed by atoms with Gasteiger partial charge in [0.1, 0.15) is 5.52 Å². The molecule has 4 heteroatoms. The van der Waals surface area contributed by atoms with Crippen LogP contribution in [0.4, 0.5) is 0 Å². The monoisotopic (exact) mass is 204 g/mol. The lowest BCUT2D eigenvalue weighted by Crippen LogP contribution is -2.07. The first-order chi connectivity index (χ1) is 7.26. The van der Waals surface area contributed by atoms with E-state index in [4.69, 9.17) is 0 Å². The number of hydrogen-bond acceptors (Lipinski definition) is 3. The summed E-state index contributed by atoms with van der Waals surface area (Å²) >= 11 is 0. The Morgan fingerprint density at radius 3 is 2.80 bits per heavy atom. The van der Waals surface area contributed by atoms with Crippen molar-refractivity contribution in [3.63, 3.8) is 0 Å². The number of nitrogens with zero attached hydrogens (tertiary/aromatic N) is 4. The van der Waals surface area contributed by atoms with E-state index in [1.165, 1.54) is 0 Å². The lowest BCUT2D eigenvalue weighted by atomic mass is 10.3. The van der Waals surface area contributed by atoms with Crippen molar-refractivity contribution in [1.29, 1.82) is 0 Å². The van der Waals surface area contributed by atoms with Crippen molar-refractivity contribution in [1.82, 2.24) is 19.7 Å². The number of fused-ring (bicyclic) bond motifs is 1. The molecule has 80 valence electrons. The molecule has 0 saturated carbocycles. The van der Waals surface area contributed by atoms with Crippen LogP contribution in [0.25, 0.3) is 11.2 Å². The van der Waals surface area contributed by atoms with Gasteiger partial charge in [0.2, 0.25) is 0 Å². The zero-order chi connectivity index (χ0) is 10.8. The summed E-state index contributed by atoms with van der Waals surface area (Å²) in [5, 5.41) is 4.33. The van der Waals surface area contributed by atoms with Crippen molar-refractivity contribution < 1.29 is 0 Å². The lowest BCUT2D eigenvalue weighted by molar-refractivity contribution is 0.489. The first-order valence-corrected chi connectivity index (χ1v) is 5.45. The van der Waals surface area contributed by atoms with Gasteiger partial charge in [-0.15, -0.1) is 0 Å². The summed E-state index contributed by atoms with van der Waals surface area (Å²) in [4.78, 5) is 8.90. The fourth-order valence-corrected chi connectivity index (χ4v) is 1.52. The van der Waals surface area contributed by atoms with Gasteiger partial charge in [-0.05, 0) is 19.8 Å². The lowest BCUT2D eigenvalue weighted by Gasteiger charge is -2.09. The summed E-state index contributed by atoms with van der Waals surface area (Å²) in [5.74, 6) is 0. The Balaban J connectivity index is 2.56. The van der Waals surface area contributed by atoms with Gasteiger partial charge in [-0.25, -0.2) is 14.6 Å². The van der Waals surface area contributed by atoms with Gasteiger partial charge in [0.15, 0.2) is 5.65 Å². The number of hydrogen-bond donors (Lipinski definition) is 0. The van der Waals surface area contributed by atoms with Gasteiger partial charge in [0.25, 0.3) is 0 Å². The van der Waals surface area contributed by atoms with Gasteiger partial charge >= 0.3 is 0 Å². The zero-order valence-corrected chi connectivity index (χ0v) is 9.44. The Morgan fingerprint density at radius 2 is 2.13 bits per heavy atom. The second-order valence-electron chi connectivity index (χ2n) is 3.77. The summed E-state index contributed by atoms with van der Waals surface area (Å²) < 4.78 is 1.96. The maximum absolute atomic E-state index is 4.56. The summed E-state index contributed by atoms with van der Waals surface area (Å²) in [5.41, 5.74) is 2.81. The van der Waals surface area contributed by atoms with Crippen LogP contribution in [0.1, 0.15) is 38.9 Å². The third-order valence-corrected chi connectivity index (χ3v) is 2.72. The summed E-state index contributed by atoms with van der Waals surface area (Å²) in [6.07, 6.45) is 5.57. The molecule has 0 fully saturated rings. The topological polar surface area (TPSA) is 43.6 Å². The molecule has 0 saturated heterocycles. The molecule has 0 aromatic carbocycles. The van der Waals surface area contributed by atoms with Crippen LogP contribution < -0.4 is 0 Å². The first kappa shape index (κ1) is 10.1.